The van der Waals surface area contributed by atoms with Gasteiger partial charge in [-0.1, -0.05) is 43.0 Å². The lowest BCUT2D eigenvalue weighted by molar-refractivity contribution is -0.611. The van der Waals surface area contributed by atoms with E-state index < -0.39 is 6.04 Å². The van der Waals surface area contributed by atoms with Gasteiger partial charge < -0.3 is 15.8 Å². The molecule has 0 radical (unpaired) electrons. The average molecular weight is 482 g/mol. The number of aryl methyl sites for hydroxylation is 1. The maximum absolute atomic E-state index is 13.3. The molecule has 0 aliphatic heterocycles. The number of carbonyl (C=O) groups is 2. The maximum atomic E-state index is 13.3. The molecule has 0 bridgehead atoms. The first-order valence-electron chi connectivity index (χ1n) is 11.4. The molecule has 3 aromatic rings. The second kappa shape index (κ2) is 10.3. The van der Waals surface area contributed by atoms with Crippen molar-refractivity contribution in [2.45, 2.75) is 45.1 Å². The van der Waals surface area contributed by atoms with Gasteiger partial charge in [0.25, 0.3) is 5.91 Å². The van der Waals surface area contributed by atoms with Crippen LogP contribution in [0.15, 0.2) is 48.8 Å². The van der Waals surface area contributed by atoms with Crippen LogP contribution in [0.25, 0.3) is 11.1 Å². The van der Waals surface area contributed by atoms with E-state index in [0.29, 0.717) is 27.7 Å². The van der Waals surface area contributed by atoms with Gasteiger partial charge in [-0.15, -0.1) is 0 Å². The van der Waals surface area contributed by atoms with Crippen molar-refractivity contribution in [3.05, 3.63) is 70.4 Å². The summed E-state index contributed by atoms with van der Waals surface area (Å²) in [4.78, 5) is 26.1. The molecule has 4 rings (SSSR count). The van der Waals surface area contributed by atoms with Crippen LogP contribution in [-0.2, 0) is 11.8 Å². The lowest BCUT2D eigenvalue weighted by Crippen LogP contribution is -2.49. The molecule has 178 valence electrons. The van der Waals surface area contributed by atoms with Crippen LogP contribution in [0.5, 0.6) is 0 Å². The summed E-state index contributed by atoms with van der Waals surface area (Å²) in [5.74, 6) is -0.494. The molecule has 34 heavy (non-hydrogen) atoms. The summed E-state index contributed by atoms with van der Waals surface area (Å²) in [5, 5.41) is 22.4. The van der Waals surface area contributed by atoms with E-state index in [0.717, 1.165) is 42.4 Å². The van der Waals surface area contributed by atoms with Crippen LogP contribution in [0.3, 0.4) is 0 Å². The fraction of sp³-hybridized carbons (Fsp3) is 0.360. The third-order valence-corrected chi connectivity index (χ3v) is 6.79. The molecule has 2 aromatic heterocycles. The number of halogens is 1. The minimum Gasteiger partial charge on any atom is -0.618 e. The molecule has 1 saturated carbocycles. The zero-order chi connectivity index (χ0) is 24.2. The van der Waals surface area contributed by atoms with E-state index in [9.17, 15) is 14.8 Å². The maximum Gasteiger partial charge on any atom is 0.270 e. The van der Waals surface area contributed by atoms with Crippen LogP contribution in [-0.4, -0.2) is 27.6 Å². The minimum absolute atomic E-state index is 0.0727. The topological polar surface area (TPSA) is 103 Å². The molecular weight excluding hydrogens is 454 g/mol. The van der Waals surface area contributed by atoms with Gasteiger partial charge in [-0.3, -0.25) is 14.3 Å². The number of aromatic nitrogens is 3. The SMILES string of the molecule is Cc1c(-c2ccc(NC(=O)[C@@H](NC(=O)c3ccnn3C)C3CCCCC3)cc2)c(Cl)cc[n+]1[O-]. The van der Waals surface area contributed by atoms with Crippen molar-refractivity contribution in [1.29, 1.82) is 0 Å². The Morgan fingerprint density at radius 1 is 1.15 bits per heavy atom. The van der Waals surface area contributed by atoms with Crippen LogP contribution in [0.4, 0.5) is 5.69 Å². The third-order valence-electron chi connectivity index (χ3n) is 6.47. The second-order valence-electron chi connectivity index (χ2n) is 8.71. The van der Waals surface area contributed by atoms with Crippen molar-refractivity contribution in [2.75, 3.05) is 5.32 Å². The minimum atomic E-state index is -0.646. The Bertz CT molecular complexity index is 1190. The Kier molecular flexibility index (Phi) is 7.17. The number of hydrogen-bond donors (Lipinski definition) is 2. The zero-order valence-electron chi connectivity index (χ0n) is 19.3. The molecule has 2 N–H and O–H groups in total. The molecular formula is C25H28ClN5O3. The van der Waals surface area contributed by atoms with Crippen LogP contribution < -0.4 is 15.4 Å². The van der Waals surface area contributed by atoms with E-state index in [1.807, 2.05) is 12.1 Å². The molecule has 9 heteroatoms. The average Bonchev–Trinajstić information content (AvgIpc) is 3.27. The van der Waals surface area contributed by atoms with Gasteiger partial charge in [-0.25, -0.2) is 0 Å². The Balaban J connectivity index is 1.52. The summed E-state index contributed by atoms with van der Waals surface area (Å²) in [6, 6.07) is 9.71. The normalized spacial score (nSPS) is 15.0. The summed E-state index contributed by atoms with van der Waals surface area (Å²) in [5.41, 5.74) is 2.94. The number of rotatable bonds is 6. The van der Waals surface area contributed by atoms with Gasteiger partial charge in [-0.2, -0.15) is 9.83 Å². The van der Waals surface area contributed by atoms with Crippen molar-refractivity contribution in [3.8, 4) is 11.1 Å². The molecule has 1 aliphatic rings. The van der Waals surface area contributed by atoms with Gasteiger partial charge in [0.05, 0.1) is 10.6 Å². The number of nitrogens with zero attached hydrogens (tertiary/aromatic N) is 3. The van der Waals surface area contributed by atoms with E-state index in [1.165, 1.54) is 10.9 Å². The highest BCUT2D eigenvalue weighted by Crippen LogP contribution is 2.31. The van der Waals surface area contributed by atoms with Crippen molar-refractivity contribution in [1.82, 2.24) is 15.1 Å². The van der Waals surface area contributed by atoms with Gasteiger partial charge >= 0.3 is 0 Å². The predicted molar refractivity (Wildman–Crippen MR) is 130 cm³/mol. The first kappa shape index (κ1) is 23.8. The van der Waals surface area contributed by atoms with E-state index in [1.54, 1.807) is 44.4 Å². The molecule has 0 saturated heterocycles. The van der Waals surface area contributed by atoms with Gasteiger partial charge in [0.2, 0.25) is 5.91 Å². The number of nitrogens with one attached hydrogen (secondary N) is 2. The van der Waals surface area contributed by atoms with Gasteiger partial charge in [0, 0.05) is 31.9 Å². The van der Waals surface area contributed by atoms with Crippen LogP contribution in [0.1, 0.15) is 48.3 Å². The Morgan fingerprint density at radius 2 is 1.85 bits per heavy atom. The van der Waals surface area contributed by atoms with E-state index >= 15 is 0 Å². The number of pyridine rings is 1. The second-order valence-corrected chi connectivity index (χ2v) is 9.11. The number of carbonyl (C=O) groups excluding carboxylic acids is 2. The Morgan fingerprint density at radius 3 is 2.50 bits per heavy atom. The van der Waals surface area contributed by atoms with Gasteiger partial charge in [-0.05, 0) is 42.5 Å². The van der Waals surface area contributed by atoms with Gasteiger partial charge in [0.15, 0.2) is 11.9 Å². The van der Waals surface area contributed by atoms with Crippen molar-refractivity contribution in [2.24, 2.45) is 13.0 Å². The fourth-order valence-electron chi connectivity index (χ4n) is 4.58. The van der Waals surface area contributed by atoms with Gasteiger partial charge in [0.1, 0.15) is 11.7 Å². The van der Waals surface area contributed by atoms with E-state index in [4.69, 9.17) is 11.6 Å². The van der Waals surface area contributed by atoms with E-state index in [-0.39, 0.29) is 17.7 Å². The summed E-state index contributed by atoms with van der Waals surface area (Å²) in [7, 11) is 1.70. The Labute approximate surface area is 203 Å². The van der Waals surface area contributed by atoms with Crippen LogP contribution in [0, 0.1) is 18.0 Å². The molecule has 0 unspecified atom stereocenters. The molecule has 1 aliphatic carbocycles. The molecule has 1 fully saturated rings. The largest absolute Gasteiger partial charge is 0.618 e. The Hall–Kier alpha value is -3.39. The summed E-state index contributed by atoms with van der Waals surface area (Å²) >= 11 is 6.32. The lowest BCUT2D eigenvalue weighted by Gasteiger charge is -2.30. The van der Waals surface area contributed by atoms with Crippen molar-refractivity contribution < 1.29 is 14.3 Å². The van der Waals surface area contributed by atoms with Crippen molar-refractivity contribution >= 4 is 29.1 Å². The number of amides is 2. The molecule has 2 heterocycles. The first-order chi connectivity index (χ1) is 16.3. The molecule has 0 spiro atoms. The highest BCUT2D eigenvalue weighted by atomic mass is 35.5. The lowest BCUT2D eigenvalue weighted by atomic mass is 9.83. The van der Waals surface area contributed by atoms with Crippen molar-refractivity contribution in [3.63, 3.8) is 0 Å². The third kappa shape index (κ3) is 5.07. The molecule has 1 aromatic carbocycles. The fourth-order valence-corrected chi connectivity index (χ4v) is 4.88. The molecule has 8 nitrogen and oxygen atoms in total. The smallest absolute Gasteiger partial charge is 0.270 e. The monoisotopic (exact) mass is 481 g/mol. The standard InChI is InChI=1S/C25H28ClN5O3/c1-16-22(20(26)13-15-31(16)34)17-8-10-19(11-9-17)28-25(33)23(18-6-4-3-5-7-18)29-24(32)21-12-14-27-30(21)2/h8-15,18,23H,3-7H2,1-2H3,(H,28,33)(H,29,32)/t23-/m0/s1. The first-order valence-corrected chi connectivity index (χ1v) is 11.8. The van der Waals surface area contributed by atoms with Crippen LogP contribution in [0.2, 0.25) is 5.02 Å². The highest BCUT2D eigenvalue weighted by molar-refractivity contribution is 6.33. The van der Waals surface area contributed by atoms with E-state index in [2.05, 4.69) is 15.7 Å². The van der Waals surface area contributed by atoms with Crippen LogP contribution >= 0.6 is 11.6 Å². The summed E-state index contributed by atoms with van der Waals surface area (Å²) in [6.45, 7) is 1.71. The summed E-state index contributed by atoms with van der Waals surface area (Å²) in [6.07, 6.45) is 7.95. The number of hydrogen-bond acceptors (Lipinski definition) is 4. The molecule has 2 amide bonds. The number of benzene rings is 1. The molecule has 1 atom stereocenters. The summed E-state index contributed by atoms with van der Waals surface area (Å²) < 4.78 is 2.27. The zero-order valence-corrected chi connectivity index (χ0v) is 20.0. The quantitative estimate of drug-likeness (QED) is 0.410. The number of anilines is 1. The predicted octanol–water partition coefficient (Wildman–Crippen LogP) is 4.00. The highest BCUT2D eigenvalue weighted by Gasteiger charge is 2.32.